The summed E-state index contributed by atoms with van der Waals surface area (Å²) in [4.78, 5) is 31.6. The molecule has 2 aliphatic rings. The van der Waals surface area contributed by atoms with E-state index >= 15 is 0 Å². The second kappa shape index (κ2) is 9.38. The van der Waals surface area contributed by atoms with Crippen molar-refractivity contribution in [1.29, 1.82) is 0 Å². The lowest BCUT2D eigenvalue weighted by molar-refractivity contribution is -0.118. The monoisotopic (exact) mass is 495 g/mol. The molecule has 0 bridgehead atoms. The Hall–Kier alpha value is -2.91. The Balaban J connectivity index is 1.35. The van der Waals surface area contributed by atoms with Gasteiger partial charge in [-0.25, -0.2) is 4.98 Å². The van der Waals surface area contributed by atoms with E-state index in [1.54, 1.807) is 16.3 Å². The molecule has 1 atom stereocenters. The SMILES string of the molecule is Cc1cc(C)cc(-n2c(SCC(=O)NCc3ccc4c(c3)OCO4)nc3c(c2=O)SC(C)C3)c1. The van der Waals surface area contributed by atoms with Gasteiger partial charge in [0.1, 0.15) is 0 Å². The normalized spacial score (nSPS) is 15.9. The van der Waals surface area contributed by atoms with E-state index in [0.29, 0.717) is 33.3 Å². The van der Waals surface area contributed by atoms with Crippen LogP contribution in [0.4, 0.5) is 0 Å². The molecule has 0 spiro atoms. The van der Waals surface area contributed by atoms with Crippen LogP contribution in [0.25, 0.3) is 5.69 Å². The van der Waals surface area contributed by atoms with E-state index in [2.05, 4.69) is 18.3 Å². The van der Waals surface area contributed by atoms with Crippen molar-refractivity contribution in [2.75, 3.05) is 12.5 Å². The van der Waals surface area contributed by atoms with Crippen molar-refractivity contribution >= 4 is 29.4 Å². The molecule has 3 heterocycles. The largest absolute Gasteiger partial charge is 0.454 e. The van der Waals surface area contributed by atoms with Crippen LogP contribution in [0.2, 0.25) is 0 Å². The summed E-state index contributed by atoms with van der Waals surface area (Å²) in [6, 6.07) is 11.6. The topological polar surface area (TPSA) is 82.5 Å². The summed E-state index contributed by atoms with van der Waals surface area (Å²) < 4.78 is 12.4. The van der Waals surface area contributed by atoms with E-state index in [0.717, 1.165) is 34.5 Å². The molecular weight excluding hydrogens is 470 g/mol. The molecule has 0 aliphatic carbocycles. The minimum atomic E-state index is -0.132. The number of aromatic nitrogens is 2. The van der Waals surface area contributed by atoms with Crippen LogP contribution in [-0.4, -0.2) is 33.3 Å². The smallest absolute Gasteiger partial charge is 0.272 e. The van der Waals surface area contributed by atoms with E-state index in [4.69, 9.17) is 14.5 Å². The van der Waals surface area contributed by atoms with E-state index < -0.39 is 0 Å². The Morgan fingerprint density at radius 1 is 1.18 bits per heavy atom. The lowest BCUT2D eigenvalue weighted by atomic mass is 10.1. The number of hydrogen-bond donors (Lipinski definition) is 1. The molecule has 0 saturated carbocycles. The maximum Gasteiger partial charge on any atom is 0.272 e. The summed E-state index contributed by atoms with van der Waals surface area (Å²) in [6.45, 7) is 6.72. The lowest BCUT2D eigenvalue weighted by Crippen LogP contribution is -2.27. The van der Waals surface area contributed by atoms with Gasteiger partial charge in [0.25, 0.3) is 5.56 Å². The van der Waals surface area contributed by atoms with E-state index in [-0.39, 0.29) is 24.0 Å². The number of ether oxygens (including phenoxy) is 2. The van der Waals surface area contributed by atoms with Crippen molar-refractivity contribution in [1.82, 2.24) is 14.9 Å². The number of carbonyl (C=O) groups is 1. The van der Waals surface area contributed by atoms with Crippen molar-refractivity contribution in [3.63, 3.8) is 0 Å². The number of fused-ring (bicyclic) bond motifs is 2. The van der Waals surface area contributed by atoms with E-state index in [9.17, 15) is 9.59 Å². The number of amides is 1. The van der Waals surface area contributed by atoms with Crippen LogP contribution in [0.15, 0.2) is 51.2 Å². The molecule has 1 unspecified atom stereocenters. The minimum absolute atomic E-state index is 0.0624. The summed E-state index contributed by atoms with van der Waals surface area (Å²) >= 11 is 2.86. The Labute approximate surface area is 206 Å². The molecule has 5 rings (SSSR count). The molecule has 0 fully saturated rings. The highest BCUT2D eigenvalue weighted by Gasteiger charge is 2.27. The number of benzene rings is 2. The van der Waals surface area contributed by atoms with E-state index in [1.807, 2.05) is 44.2 Å². The Kier molecular flexibility index (Phi) is 6.31. The number of rotatable bonds is 6. The number of aryl methyl sites for hydroxylation is 2. The number of nitrogens with zero attached hydrogens (tertiary/aromatic N) is 2. The number of thioether (sulfide) groups is 2. The van der Waals surface area contributed by atoms with Crippen molar-refractivity contribution in [2.24, 2.45) is 0 Å². The van der Waals surface area contributed by atoms with Crippen LogP contribution in [0.1, 0.15) is 29.3 Å². The highest BCUT2D eigenvalue weighted by Crippen LogP contribution is 2.35. The van der Waals surface area contributed by atoms with Gasteiger partial charge in [-0.15, -0.1) is 11.8 Å². The summed E-state index contributed by atoms with van der Waals surface area (Å²) in [5.74, 6) is 1.42. The third-order valence-electron chi connectivity index (χ3n) is 5.60. The molecule has 9 heteroatoms. The highest BCUT2D eigenvalue weighted by atomic mass is 32.2. The quantitative estimate of drug-likeness (QED) is 0.409. The summed E-state index contributed by atoms with van der Waals surface area (Å²) in [5, 5.41) is 3.79. The Morgan fingerprint density at radius 3 is 2.74 bits per heavy atom. The van der Waals surface area contributed by atoms with Crippen molar-refractivity contribution in [3.8, 4) is 17.2 Å². The average molecular weight is 496 g/mol. The van der Waals surface area contributed by atoms with Gasteiger partial charge < -0.3 is 14.8 Å². The first-order valence-electron chi connectivity index (χ1n) is 11.1. The Morgan fingerprint density at radius 2 is 1.94 bits per heavy atom. The molecule has 1 N–H and O–H groups in total. The molecule has 1 amide bonds. The van der Waals surface area contributed by atoms with Gasteiger partial charge >= 0.3 is 0 Å². The van der Waals surface area contributed by atoms with Gasteiger partial charge in [0.05, 0.1) is 22.0 Å². The highest BCUT2D eigenvalue weighted by molar-refractivity contribution is 8.00. The first-order valence-corrected chi connectivity index (χ1v) is 12.9. The van der Waals surface area contributed by atoms with Crippen molar-refractivity contribution in [2.45, 2.75) is 49.0 Å². The van der Waals surface area contributed by atoms with Gasteiger partial charge in [-0.3, -0.25) is 14.2 Å². The van der Waals surface area contributed by atoms with Gasteiger partial charge in [-0.05, 0) is 54.8 Å². The maximum atomic E-state index is 13.5. The average Bonchev–Trinajstić information content (AvgIpc) is 3.41. The van der Waals surface area contributed by atoms with Crippen molar-refractivity contribution < 1.29 is 14.3 Å². The summed E-state index contributed by atoms with van der Waals surface area (Å²) in [6.07, 6.45) is 0.757. The zero-order valence-corrected chi connectivity index (χ0v) is 20.8. The molecule has 2 aliphatic heterocycles. The zero-order chi connectivity index (χ0) is 23.8. The standard InChI is InChI=1S/C25H25N3O4S2/c1-14-6-15(2)8-18(7-14)28-24(30)23-19(9-16(3)34-23)27-25(28)33-12-22(29)26-11-17-4-5-20-21(10-17)32-13-31-20/h4-8,10,16H,9,11-13H2,1-3H3,(H,26,29). The molecule has 2 aromatic carbocycles. The summed E-state index contributed by atoms with van der Waals surface area (Å²) in [7, 11) is 0. The predicted octanol–water partition coefficient (Wildman–Crippen LogP) is 4.02. The molecule has 0 radical (unpaired) electrons. The summed E-state index contributed by atoms with van der Waals surface area (Å²) in [5.41, 5.74) is 4.61. The van der Waals surface area contributed by atoms with Gasteiger partial charge in [0.15, 0.2) is 16.7 Å². The second-order valence-electron chi connectivity index (χ2n) is 8.54. The van der Waals surface area contributed by atoms with Crippen LogP contribution < -0.4 is 20.3 Å². The third kappa shape index (κ3) is 4.67. The Bertz CT molecular complexity index is 1320. The van der Waals surface area contributed by atoms with Crippen LogP contribution >= 0.6 is 23.5 Å². The minimum Gasteiger partial charge on any atom is -0.454 e. The van der Waals surface area contributed by atoms with Crippen molar-refractivity contribution in [3.05, 3.63) is 69.1 Å². The predicted molar refractivity (Wildman–Crippen MR) is 133 cm³/mol. The number of carbonyl (C=O) groups excluding carboxylic acids is 1. The number of hydrogen-bond acceptors (Lipinski definition) is 7. The molecule has 3 aromatic rings. The van der Waals surface area contributed by atoms with Crippen LogP contribution in [0.3, 0.4) is 0 Å². The van der Waals surface area contributed by atoms with Gasteiger partial charge in [-0.1, -0.05) is 30.8 Å². The maximum absolute atomic E-state index is 13.5. The second-order valence-corrected chi connectivity index (χ2v) is 10.9. The molecule has 0 saturated heterocycles. The van der Waals surface area contributed by atoms with Crippen LogP contribution in [0, 0.1) is 13.8 Å². The molecule has 1 aromatic heterocycles. The zero-order valence-electron chi connectivity index (χ0n) is 19.2. The molecular formula is C25H25N3O4S2. The molecule has 34 heavy (non-hydrogen) atoms. The first kappa shape index (κ1) is 22.9. The third-order valence-corrected chi connectivity index (χ3v) is 7.76. The first-order chi connectivity index (χ1) is 16.4. The van der Waals surface area contributed by atoms with Crippen LogP contribution in [0.5, 0.6) is 11.5 Å². The fraction of sp³-hybridized carbons (Fsp3) is 0.320. The molecule has 7 nitrogen and oxygen atoms in total. The van der Waals surface area contributed by atoms with Gasteiger partial charge in [0, 0.05) is 18.2 Å². The van der Waals surface area contributed by atoms with Gasteiger partial charge in [0.2, 0.25) is 12.7 Å². The van der Waals surface area contributed by atoms with E-state index in [1.165, 1.54) is 11.8 Å². The van der Waals surface area contributed by atoms with Crippen LogP contribution in [-0.2, 0) is 17.8 Å². The number of nitrogens with one attached hydrogen (secondary N) is 1. The lowest BCUT2D eigenvalue weighted by Gasteiger charge is -2.15. The van der Waals surface area contributed by atoms with Gasteiger partial charge in [-0.2, -0.15) is 0 Å². The molecule has 176 valence electrons. The fourth-order valence-corrected chi connectivity index (χ4v) is 6.09. The fourth-order valence-electron chi connectivity index (χ4n) is 4.14.